The van der Waals surface area contributed by atoms with Gasteiger partial charge in [0.2, 0.25) is 5.91 Å². The minimum atomic E-state index is 0.157. The van der Waals surface area contributed by atoms with Gasteiger partial charge in [-0.05, 0) is 13.8 Å². The Hall–Kier alpha value is -2.02. The quantitative estimate of drug-likeness (QED) is 0.782. The Bertz CT molecular complexity index is 687. The third kappa shape index (κ3) is 3.70. The molecule has 1 aromatic rings. The standard InChI is InChI=1S/C20H31N5O2/c1-15(2)24-9-10-25-17(14-24)4-11-27-19-12-18(13-21-20(19)25)23-7-5-22(6-8-23)16(3)26/h12-13,15,17H,4-11,14H2,1-3H3. The molecule has 4 heterocycles. The Morgan fingerprint density at radius 3 is 2.67 bits per heavy atom. The Kier molecular flexibility index (Phi) is 5.12. The van der Waals surface area contributed by atoms with E-state index in [1.165, 1.54) is 0 Å². The first kappa shape index (κ1) is 18.3. The summed E-state index contributed by atoms with van der Waals surface area (Å²) in [5.74, 6) is 2.05. The third-order valence-corrected chi connectivity index (χ3v) is 6.13. The van der Waals surface area contributed by atoms with Crippen LogP contribution in [0.3, 0.4) is 0 Å². The summed E-state index contributed by atoms with van der Waals surface area (Å²) < 4.78 is 6.11. The van der Waals surface area contributed by atoms with Gasteiger partial charge in [0.15, 0.2) is 11.6 Å². The lowest BCUT2D eigenvalue weighted by Gasteiger charge is -2.43. The summed E-state index contributed by atoms with van der Waals surface area (Å²) in [4.78, 5) is 25.6. The lowest BCUT2D eigenvalue weighted by molar-refractivity contribution is -0.129. The molecule has 2 saturated heterocycles. The van der Waals surface area contributed by atoms with Gasteiger partial charge in [-0.3, -0.25) is 9.69 Å². The molecule has 7 heteroatoms. The molecule has 0 bridgehead atoms. The molecule has 1 amide bonds. The van der Waals surface area contributed by atoms with E-state index in [9.17, 15) is 4.79 Å². The molecule has 3 aliphatic rings. The Morgan fingerprint density at radius 2 is 1.96 bits per heavy atom. The van der Waals surface area contributed by atoms with E-state index in [2.05, 4.69) is 34.6 Å². The predicted octanol–water partition coefficient (Wildman–Crippen LogP) is 1.43. The minimum absolute atomic E-state index is 0.157. The van der Waals surface area contributed by atoms with Crippen molar-refractivity contribution in [2.24, 2.45) is 0 Å². The number of carbonyl (C=O) groups is 1. The highest BCUT2D eigenvalue weighted by atomic mass is 16.5. The second-order valence-corrected chi connectivity index (χ2v) is 8.08. The fraction of sp³-hybridized carbons (Fsp3) is 0.700. The summed E-state index contributed by atoms with van der Waals surface area (Å²) in [5, 5.41) is 0. The summed E-state index contributed by atoms with van der Waals surface area (Å²) in [6.45, 7) is 13.3. The molecule has 4 rings (SSSR count). The zero-order chi connectivity index (χ0) is 19.0. The highest BCUT2D eigenvalue weighted by molar-refractivity contribution is 5.73. The van der Waals surface area contributed by atoms with Gasteiger partial charge in [0.25, 0.3) is 0 Å². The van der Waals surface area contributed by atoms with Crippen LogP contribution in [-0.2, 0) is 4.79 Å². The molecule has 1 aromatic heterocycles. The van der Waals surface area contributed by atoms with Gasteiger partial charge in [-0.2, -0.15) is 0 Å². The van der Waals surface area contributed by atoms with E-state index in [0.29, 0.717) is 12.1 Å². The number of piperazine rings is 2. The molecule has 0 saturated carbocycles. The molecular formula is C20H31N5O2. The summed E-state index contributed by atoms with van der Waals surface area (Å²) in [6, 6.07) is 3.20. The summed E-state index contributed by atoms with van der Waals surface area (Å²) in [7, 11) is 0. The van der Waals surface area contributed by atoms with Crippen LogP contribution in [0.2, 0.25) is 0 Å². The van der Waals surface area contributed by atoms with Gasteiger partial charge in [0.05, 0.1) is 18.5 Å². The van der Waals surface area contributed by atoms with Crippen molar-refractivity contribution in [2.45, 2.75) is 39.3 Å². The maximum atomic E-state index is 11.5. The van der Waals surface area contributed by atoms with E-state index in [-0.39, 0.29) is 5.91 Å². The molecule has 0 N–H and O–H groups in total. The van der Waals surface area contributed by atoms with Crippen molar-refractivity contribution in [2.75, 3.05) is 62.2 Å². The number of hydrogen-bond acceptors (Lipinski definition) is 6. The smallest absolute Gasteiger partial charge is 0.219 e. The van der Waals surface area contributed by atoms with Crippen LogP contribution < -0.4 is 14.5 Å². The van der Waals surface area contributed by atoms with Crippen LogP contribution in [0, 0.1) is 0 Å². The zero-order valence-electron chi connectivity index (χ0n) is 16.7. The van der Waals surface area contributed by atoms with Crippen LogP contribution in [0.25, 0.3) is 0 Å². The highest BCUT2D eigenvalue weighted by Crippen LogP contribution is 2.36. The average Bonchev–Trinajstić information content (AvgIpc) is 2.86. The van der Waals surface area contributed by atoms with Crippen LogP contribution >= 0.6 is 0 Å². The summed E-state index contributed by atoms with van der Waals surface area (Å²) >= 11 is 0. The van der Waals surface area contributed by atoms with Crippen molar-refractivity contribution in [1.29, 1.82) is 0 Å². The first-order valence-electron chi connectivity index (χ1n) is 10.2. The number of ether oxygens (including phenoxy) is 1. The van der Waals surface area contributed by atoms with Crippen molar-refractivity contribution in [3.8, 4) is 5.75 Å². The van der Waals surface area contributed by atoms with Gasteiger partial charge in [-0.15, -0.1) is 0 Å². The fourth-order valence-corrected chi connectivity index (χ4v) is 4.38. The zero-order valence-corrected chi connectivity index (χ0v) is 16.7. The van der Waals surface area contributed by atoms with E-state index >= 15 is 0 Å². The Morgan fingerprint density at radius 1 is 1.19 bits per heavy atom. The fourth-order valence-electron chi connectivity index (χ4n) is 4.38. The highest BCUT2D eigenvalue weighted by Gasteiger charge is 2.33. The lowest BCUT2D eigenvalue weighted by Crippen LogP contribution is -2.55. The van der Waals surface area contributed by atoms with Crippen molar-refractivity contribution >= 4 is 17.4 Å². The summed E-state index contributed by atoms with van der Waals surface area (Å²) in [5.41, 5.74) is 1.09. The average molecular weight is 374 g/mol. The number of hydrogen-bond donors (Lipinski definition) is 0. The first-order valence-corrected chi connectivity index (χ1v) is 10.2. The van der Waals surface area contributed by atoms with Gasteiger partial charge >= 0.3 is 0 Å². The molecule has 2 fully saturated rings. The molecule has 3 aliphatic heterocycles. The van der Waals surface area contributed by atoms with Crippen LogP contribution in [0.1, 0.15) is 27.2 Å². The minimum Gasteiger partial charge on any atom is -0.490 e. The van der Waals surface area contributed by atoms with Crippen molar-refractivity contribution in [3.63, 3.8) is 0 Å². The molecule has 0 spiro atoms. The van der Waals surface area contributed by atoms with Crippen molar-refractivity contribution in [1.82, 2.24) is 14.8 Å². The van der Waals surface area contributed by atoms with E-state index in [4.69, 9.17) is 9.72 Å². The maximum Gasteiger partial charge on any atom is 0.219 e. The summed E-state index contributed by atoms with van der Waals surface area (Å²) in [6.07, 6.45) is 3.01. The van der Waals surface area contributed by atoms with Crippen LogP contribution in [0.15, 0.2) is 12.3 Å². The van der Waals surface area contributed by atoms with Crippen LogP contribution in [0.4, 0.5) is 11.5 Å². The number of pyridine rings is 1. The molecule has 27 heavy (non-hydrogen) atoms. The number of anilines is 2. The number of amides is 1. The number of carbonyl (C=O) groups excluding carboxylic acids is 1. The van der Waals surface area contributed by atoms with Crippen LogP contribution in [0.5, 0.6) is 5.75 Å². The second kappa shape index (κ2) is 7.54. The molecule has 148 valence electrons. The van der Waals surface area contributed by atoms with Gasteiger partial charge in [-0.25, -0.2) is 4.98 Å². The van der Waals surface area contributed by atoms with Gasteiger partial charge in [0.1, 0.15) is 0 Å². The molecule has 1 atom stereocenters. The molecular weight excluding hydrogens is 342 g/mol. The molecule has 1 unspecified atom stereocenters. The Balaban J connectivity index is 1.50. The third-order valence-electron chi connectivity index (χ3n) is 6.13. The molecule has 0 aliphatic carbocycles. The maximum absolute atomic E-state index is 11.5. The number of nitrogens with zero attached hydrogens (tertiary/aromatic N) is 5. The normalized spacial score (nSPS) is 23.6. The molecule has 0 aromatic carbocycles. The van der Waals surface area contributed by atoms with Crippen molar-refractivity contribution in [3.05, 3.63) is 12.3 Å². The Labute approximate surface area is 161 Å². The number of aromatic nitrogens is 1. The van der Waals surface area contributed by atoms with Crippen molar-refractivity contribution < 1.29 is 9.53 Å². The second-order valence-electron chi connectivity index (χ2n) is 8.08. The predicted molar refractivity (Wildman–Crippen MR) is 107 cm³/mol. The van der Waals surface area contributed by atoms with Gasteiger partial charge in [0, 0.05) is 77.3 Å². The lowest BCUT2D eigenvalue weighted by atomic mass is 10.1. The monoisotopic (exact) mass is 373 g/mol. The van der Waals surface area contributed by atoms with Gasteiger partial charge in [-0.1, -0.05) is 0 Å². The topological polar surface area (TPSA) is 52.2 Å². The number of fused-ring (bicyclic) bond motifs is 3. The van der Waals surface area contributed by atoms with E-state index < -0.39 is 0 Å². The molecule has 7 nitrogen and oxygen atoms in total. The van der Waals surface area contributed by atoms with Crippen LogP contribution in [-0.4, -0.2) is 85.2 Å². The van der Waals surface area contributed by atoms with E-state index in [1.54, 1.807) is 6.92 Å². The first-order chi connectivity index (χ1) is 13.0. The number of rotatable bonds is 2. The largest absolute Gasteiger partial charge is 0.490 e. The SMILES string of the molecule is CC(=O)N1CCN(c2cnc3c(c2)OCCC2CN(C(C)C)CCN32)CC1. The van der Waals surface area contributed by atoms with E-state index in [1.807, 2.05) is 11.1 Å². The molecule has 0 radical (unpaired) electrons. The van der Waals surface area contributed by atoms with Gasteiger partial charge < -0.3 is 19.4 Å². The van der Waals surface area contributed by atoms with E-state index in [0.717, 1.165) is 76.1 Å².